The lowest BCUT2D eigenvalue weighted by Crippen LogP contribution is -1.94. The van der Waals surface area contributed by atoms with Gasteiger partial charge in [0.15, 0.2) is 0 Å². The van der Waals surface area contributed by atoms with Gasteiger partial charge in [0.1, 0.15) is 0 Å². The Morgan fingerprint density at radius 3 is 0.970 bits per heavy atom. The van der Waals surface area contributed by atoms with Crippen LogP contribution in [0.25, 0.3) is 122 Å². The molecule has 0 bridgehead atoms. The van der Waals surface area contributed by atoms with Crippen LogP contribution in [0.5, 0.6) is 0 Å². The van der Waals surface area contributed by atoms with E-state index >= 15 is 0 Å². The predicted molar refractivity (Wildman–Crippen MR) is 284 cm³/mol. The molecule has 308 valence electrons. The van der Waals surface area contributed by atoms with Crippen molar-refractivity contribution >= 4 is 55.2 Å². The summed E-state index contributed by atoms with van der Waals surface area (Å²) in [6, 6.07) is 93.0. The van der Waals surface area contributed by atoms with E-state index in [0.29, 0.717) is 0 Å². The Morgan fingerprint density at radius 2 is 0.485 bits per heavy atom. The van der Waals surface area contributed by atoms with Gasteiger partial charge >= 0.3 is 0 Å². The van der Waals surface area contributed by atoms with Crippen molar-refractivity contribution in [3.05, 3.63) is 266 Å². The molecule has 66 heavy (non-hydrogen) atoms. The topological polar surface area (TPSA) is 0 Å². The molecule has 12 aromatic rings. The quantitative estimate of drug-likeness (QED) is 0.106. The highest BCUT2D eigenvalue weighted by atomic mass is 14.2. The van der Waals surface area contributed by atoms with Crippen LogP contribution < -0.4 is 0 Å². The Kier molecular flexibility index (Phi) is 9.97. The van der Waals surface area contributed by atoms with E-state index in [1.807, 2.05) is 0 Å². The van der Waals surface area contributed by atoms with Gasteiger partial charge in [-0.15, -0.1) is 0 Å². The van der Waals surface area contributed by atoms with Gasteiger partial charge in [-0.3, -0.25) is 0 Å². The van der Waals surface area contributed by atoms with Crippen molar-refractivity contribution in [3.8, 4) is 66.8 Å². The molecule has 0 unspecified atom stereocenters. The second-order valence-electron chi connectivity index (χ2n) is 17.0. The fourth-order valence-corrected chi connectivity index (χ4v) is 10.5. The Balaban J connectivity index is 1.04. The summed E-state index contributed by atoms with van der Waals surface area (Å²) in [6.45, 7) is 0. The SMILES string of the molecule is C(=Cc1ccccc1-c1cccc2c(-c3ccccc3)c3ccccc3c(-c3ccccc3)c12)c1ccccc1-c1ccccc1-c1c2ccccc2c(-c2ccccc2)c2ccccc12. The fraction of sp³-hybridized carbons (Fsp3) is 0. The standard InChI is InChI=1S/C66H44/c1-4-25-47(26-5-1)62-56-36-17-20-39-59(56)65(60-40-21-18-37-57(60)62)54-34-15-14-33-52(54)50-31-12-10-23-45(50)43-44-46-24-11-13-32-51(46)53-41-22-42-61-63(48-27-6-2-7-28-48)55-35-16-19-38-58(55)64(66(53)61)49-29-8-3-9-30-49/h1-44H. The van der Waals surface area contributed by atoms with E-state index in [0.717, 1.165) is 11.1 Å². The van der Waals surface area contributed by atoms with Crippen molar-refractivity contribution in [1.82, 2.24) is 0 Å². The number of rotatable bonds is 8. The van der Waals surface area contributed by atoms with Crippen LogP contribution in [0.4, 0.5) is 0 Å². The van der Waals surface area contributed by atoms with Crippen LogP contribution in [0.1, 0.15) is 11.1 Å². The number of benzene rings is 12. The smallest absolute Gasteiger partial charge is 0.00139 e. The van der Waals surface area contributed by atoms with E-state index in [2.05, 4.69) is 267 Å². The first kappa shape index (κ1) is 39.0. The van der Waals surface area contributed by atoms with Crippen LogP contribution in [0.3, 0.4) is 0 Å². The molecule has 12 rings (SSSR count). The third-order valence-electron chi connectivity index (χ3n) is 13.3. The van der Waals surface area contributed by atoms with Gasteiger partial charge in [0, 0.05) is 0 Å². The molecule has 0 aliphatic carbocycles. The highest BCUT2D eigenvalue weighted by Gasteiger charge is 2.22. The molecule has 0 saturated heterocycles. The Bertz CT molecular complexity index is 3730. The minimum absolute atomic E-state index is 1.16. The van der Waals surface area contributed by atoms with E-state index in [4.69, 9.17) is 0 Å². The van der Waals surface area contributed by atoms with Crippen molar-refractivity contribution in [2.45, 2.75) is 0 Å². The zero-order chi connectivity index (χ0) is 43.8. The summed E-state index contributed by atoms with van der Waals surface area (Å²) in [6.07, 6.45) is 4.63. The molecule has 0 fully saturated rings. The molecule has 0 nitrogen and oxygen atoms in total. The Morgan fingerprint density at radius 1 is 0.182 bits per heavy atom. The lowest BCUT2D eigenvalue weighted by atomic mass is 9.82. The summed E-state index contributed by atoms with van der Waals surface area (Å²) in [5.74, 6) is 0. The molecule has 0 aliphatic heterocycles. The summed E-state index contributed by atoms with van der Waals surface area (Å²) in [4.78, 5) is 0. The molecule has 0 amide bonds. The fourth-order valence-electron chi connectivity index (χ4n) is 10.5. The molecule has 12 aromatic carbocycles. The summed E-state index contributed by atoms with van der Waals surface area (Å²) in [5.41, 5.74) is 17.1. The highest BCUT2D eigenvalue weighted by molar-refractivity contribution is 6.25. The van der Waals surface area contributed by atoms with Gasteiger partial charge in [0.2, 0.25) is 0 Å². The second-order valence-corrected chi connectivity index (χ2v) is 17.0. The molecule has 0 atom stereocenters. The van der Waals surface area contributed by atoms with Gasteiger partial charge in [0.05, 0.1) is 0 Å². The molecule has 0 N–H and O–H groups in total. The molecule has 0 aliphatic rings. The summed E-state index contributed by atoms with van der Waals surface area (Å²) < 4.78 is 0. The molecule has 0 saturated carbocycles. The maximum absolute atomic E-state index is 2.32. The summed E-state index contributed by atoms with van der Waals surface area (Å²) >= 11 is 0. The molecule has 0 heterocycles. The Labute approximate surface area is 386 Å². The zero-order valence-electron chi connectivity index (χ0n) is 36.4. The van der Waals surface area contributed by atoms with E-state index in [1.165, 1.54) is 110 Å². The monoisotopic (exact) mass is 836 g/mol. The van der Waals surface area contributed by atoms with E-state index in [9.17, 15) is 0 Å². The van der Waals surface area contributed by atoms with Crippen molar-refractivity contribution in [3.63, 3.8) is 0 Å². The summed E-state index contributed by atoms with van der Waals surface area (Å²) in [7, 11) is 0. The lowest BCUT2D eigenvalue weighted by molar-refractivity contribution is 1.58. The van der Waals surface area contributed by atoms with E-state index in [-0.39, 0.29) is 0 Å². The minimum atomic E-state index is 1.16. The van der Waals surface area contributed by atoms with Gasteiger partial charge in [-0.1, -0.05) is 267 Å². The second kappa shape index (κ2) is 16.8. The number of fused-ring (bicyclic) bond motifs is 4. The van der Waals surface area contributed by atoms with E-state index < -0.39 is 0 Å². The van der Waals surface area contributed by atoms with Crippen LogP contribution in [0.15, 0.2) is 255 Å². The molecule has 0 spiro atoms. The van der Waals surface area contributed by atoms with Gasteiger partial charge in [0.25, 0.3) is 0 Å². The maximum atomic E-state index is 2.32. The minimum Gasteiger partial charge on any atom is -0.0622 e. The van der Waals surface area contributed by atoms with Crippen LogP contribution in [0.2, 0.25) is 0 Å². The first-order valence-corrected chi connectivity index (χ1v) is 22.9. The third-order valence-corrected chi connectivity index (χ3v) is 13.3. The molecule has 0 radical (unpaired) electrons. The van der Waals surface area contributed by atoms with Crippen LogP contribution in [-0.4, -0.2) is 0 Å². The molecule has 0 heteroatoms. The summed E-state index contributed by atoms with van der Waals surface area (Å²) in [5, 5.41) is 10.0. The average molecular weight is 837 g/mol. The van der Waals surface area contributed by atoms with Crippen molar-refractivity contribution < 1.29 is 0 Å². The first-order chi connectivity index (χ1) is 32.8. The third kappa shape index (κ3) is 6.71. The number of hydrogen-bond donors (Lipinski definition) is 0. The van der Waals surface area contributed by atoms with E-state index in [1.54, 1.807) is 0 Å². The van der Waals surface area contributed by atoms with Gasteiger partial charge < -0.3 is 0 Å². The van der Waals surface area contributed by atoms with Gasteiger partial charge in [-0.05, 0) is 121 Å². The maximum Gasteiger partial charge on any atom is -0.00139 e. The van der Waals surface area contributed by atoms with Crippen LogP contribution >= 0.6 is 0 Å². The van der Waals surface area contributed by atoms with Gasteiger partial charge in [-0.2, -0.15) is 0 Å². The highest BCUT2D eigenvalue weighted by Crippen LogP contribution is 2.49. The zero-order valence-corrected chi connectivity index (χ0v) is 36.4. The largest absolute Gasteiger partial charge is 0.0622 e. The van der Waals surface area contributed by atoms with Crippen molar-refractivity contribution in [1.29, 1.82) is 0 Å². The van der Waals surface area contributed by atoms with Crippen molar-refractivity contribution in [2.24, 2.45) is 0 Å². The van der Waals surface area contributed by atoms with Crippen LogP contribution in [0, 0.1) is 0 Å². The lowest BCUT2D eigenvalue weighted by Gasteiger charge is -2.21. The molecular formula is C66H44. The molecular weight excluding hydrogens is 793 g/mol. The predicted octanol–water partition coefficient (Wildman–Crippen LogP) is 18.5. The number of hydrogen-bond acceptors (Lipinski definition) is 0. The van der Waals surface area contributed by atoms with Gasteiger partial charge in [-0.25, -0.2) is 0 Å². The Hall–Kier alpha value is -8.58. The first-order valence-electron chi connectivity index (χ1n) is 22.9. The normalized spacial score (nSPS) is 11.6. The average Bonchev–Trinajstić information content (AvgIpc) is 3.39. The molecule has 0 aromatic heterocycles. The van der Waals surface area contributed by atoms with Crippen molar-refractivity contribution in [2.75, 3.05) is 0 Å². The van der Waals surface area contributed by atoms with Crippen LogP contribution in [-0.2, 0) is 0 Å².